The van der Waals surface area contributed by atoms with Crippen LogP contribution in [0.15, 0.2) is 33.5 Å². The lowest BCUT2D eigenvalue weighted by Gasteiger charge is -2.12. The largest absolute Gasteiger partial charge is 0.459 e. The number of furan rings is 1. The van der Waals surface area contributed by atoms with Crippen molar-refractivity contribution in [3.63, 3.8) is 0 Å². The Bertz CT molecular complexity index is 1370. The normalized spacial score (nSPS) is 14.6. The monoisotopic (exact) mass is 467 g/mol. The van der Waals surface area contributed by atoms with E-state index >= 15 is 0 Å². The first-order valence-corrected chi connectivity index (χ1v) is 12.9. The Balaban J connectivity index is 1.21. The number of carbonyl (C=O) groups excluding carboxylic acids is 1. The molecule has 5 rings (SSSR count). The predicted molar refractivity (Wildman–Crippen MR) is 131 cm³/mol. The number of hydrogen-bond acceptors (Lipinski definition) is 6. The Kier molecular flexibility index (Phi) is 5.82. The van der Waals surface area contributed by atoms with Gasteiger partial charge in [0.2, 0.25) is 5.91 Å². The van der Waals surface area contributed by atoms with Gasteiger partial charge in [-0.25, -0.2) is 4.98 Å². The van der Waals surface area contributed by atoms with E-state index in [2.05, 4.69) is 15.3 Å². The summed E-state index contributed by atoms with van der Waals surface area (Å²) in [5, 5.41) is 4.85. The number of nitrogens with zero attached hydrogens (tertiary/aromatic N) is 1. The van der Waals surface area contributed by atoms with Gasteiger partial charge in [-0.2, -0.15) is 0 Å². The fourth-order valence-electron chi connectivity index (χ4n) is 4.47. The molecule has 32 heavy (non-hydrogen) atoms. The number of para-hydroxylation sites is 1. The van der Waals surface area contributed by atoms with Crippen molar-refractivity contribution in [1.29, 1.82) is 0 Å². The molecule has 0 bridgehead atoms. The molecule has 0 saturated heterocycles. The van der Waals surface area contributed by atoms with E-state index < -0.39 is 0 Å². The third-order valence-corrected chi connectivity index (χ3v) is 8.13. The third-order valence-electron chi connectivity index (χ3n) is 6.00. The molecule has 1 aliphatic carbocycles. The molecule has 6 nitrogen and oxygen atoms in total. The summed E-state index contributed by atoms with van der Waals surface area (Å²) >= 11 is 3.09. The number of hydrogen-bond donors (Lipinski definition) is 2. The number of aromatic nitrogens is 2. The summed E-state index contributed by atoms with van der Waals surface area (Å²) < 4.78 is 5.95. The van der Waals surface area contributed by atoms with E-state index in [0.717, 1.165) is 51.8 Å². The fourth-order valence-corrected chi connectivity index (χ4v) is 6.45. The number of aryl methyl sites for hydroxylation is 3. The zero-order valence-corrected chi connectivity index (χ0v) is 19.8. The number of amides is 1. The highest BCUT2D eigenvalue weighted by Gasteiger charge is 2.20. The first-order chi connectivity index (χ1) is 15.5. The number of H-pyrrole nitrogens is 1. The van der Waals surface area contributed by atoms with Gasteiger partial charge in [0, 0.05) is 15.8 Å². The van der Waals surface area contributed by atoms with Gasteiger partial charge in [0.15, 0.2) is 0 Å². The third kappa shape index (κ3) is 3.97. The molecule has 166 valence electrons. The molecule has 0 saturated carbocycles. The molecule has 0 spiro atoms. The molecule has 1 aliphatic rings. The lowest BCUT2D eigenvalue weighted by Crippen LogP contribution is -2.28. The lowest BCUT2D eigenvalue weighted by molar-refractivity contribution is -0.119. The summed E-state index contributed by atoms with van der Waals surface area (Å²) in [4.78, 5) is 34.9. The van der Waals surface area contributed by atoms with Crippen molar-refractivity contribution in [2.75, 3.05) is 5.75 Å². The maximum atomic E-state index is 12.6. The minimum absolute atomic E-state index is 0.0524. The van der Waals surface area contributed by atoms with Gasteiger partial charge in [-0.15, -0.1) is 23.1 Å². The predicted octanol–water partition coefficient (Wildman–Crippen LogP) is 5.03. The minimum Gasteiger partial charge on any atom is -0.459 e. The van der Waals surface area contributed by atoms with Crippen molar-refractivity contribution in [2.45, 2.75) is 51.3 Å². The van der Waals surface area contributed by atoms with Crippen molar-refractivity contribution < 1.29 is 9.21 Å². The number of thioether (sulfide) groups is 1. The molecular formula is C24H25N3O3S2. The van der Waals surface area contributed by atoms with E-state index in [-0.39, 0.29) is 23.3 Å². The van der Waals surface area contributed by atoms with Crippen LogP contribution in [0.5, 0.6) is 0 Å². The molecule has 1 atom stereocenters. The van der Waals surface area contributed by atoms with Gasteiger partial charge in [-0.1, -0.05) is 18.2 Å². The van der Waals surface area contributed by atoms with Crippen LogP contribution in [-0.4, -0.2) is 21.6 Å². The van der Waals surface area contributed by atoms with Crippen LogP contribution in [-0.2, 0) is 23.4 Å². The molecule has 2 N–H and O–H groups in total. The number of thiophene rings is 1. The molecule has 1 unspecified atom stereocenters. The topological polar surface area (TPSA) is 88.0 Å². The average Bonchev–Trinajstić information content (AvgIpc) is 3.32. The van der Waals surface area contributed by atoms with Crippen molar-refractivity contribution >= 4 is 50.2 Å². The summed E-state index contributed by atoms with van der Waals surface area (Å²) in [7, 11) is 0. The van der Waals surface area contributed by atoms with Crippen molar-refractivity contribution in [3.8, 4) is 0 Å². The maximum absolute atomic E-state index is 12.6. The standard InChI is InChI=1S/C24H25N3O3S2/c1-13-15-7-3-5-9-17(15)30-22(13)14(2)25-20(28)12-31-11-19-26-23(29)21-16-8-4-6-10-18(16)32-24(21)27-19/h3,5,7,9,14H,4,6,8,10-12H2,1-2H3,(H,25,28)(H,26,27,29). The molecule has 3 aromatic heterocycles. The first kappa shape index (κ1) is 21.3. The molecular weight excluding hydrogens is 442 g/mol. The van der Waals surface area contributed by atoms with Crippen LogP contribution < -0.4 is 10.9 Å². The zero-order valence-electron chi connectivity index (χ0n) is 18.1. The Morgan fingerprint density at radius 1 is 1.31 bits per heavy atom. The second-order valence-corrected chi connectivity index (χ2v) is 10.3. The maximum Gasteiger partial charge on any atom is 0.259 e. The van der Waals surface area contributed by atoms with Crippen LogP contribution in [0.1, 0.15) is 53.4 Å². The van der Waals surface area contributed by atoms with Crippen LogP contribution >= 0.6 is 23.1 Å². The van der Waals surface area contributed by atoms with E-state index in [4.69, 9.17) is 4.42 Å². The van der Waals surface area contributed by atoms with Gasteiger partial charge in [0.25, 0.3) is 5.56 Å². The highest BCUT2D eigenvalue weighted by atomic mass is 32.2. The van der Waals surface area contributed by atoms with Gasteiger partial charge in [-0.05, 0) is 51.2 Å². The van der Waals surface area contributed by atoms with Gasteiger partial charge in [0.05, 0.1) is 22.9 Å². The van der Waals surface area contributed by atoms with Gasteiger partial charge in [-0.3, -0.25) is 9.59 Å². The number of benzene rings is 1. The van der Waals surface area contributed by atoms with Crippen LogP contribution in [0.4, 0.5) is 0 Å². The summed E-state index contributed by atoms with van der Waals surface area (Å²) in [5.74, 6) is 2.10. The van der Waals surface area contributed by atoms with E-state index in [9.17, 15) is 9.59 Å². The minimum atomic E-state index is -0.220. The average molecular weight is 468 g/mol. The second kappa shape index (κ2) is 8.75. The molecule has 8 heteroatoms. The summed E-state index contributed by atoms with van der Waals surface area (Å²) in [6.45, 7) is 3.94. The van der Waals surface area contributed by atoms with Crippen LogP contribution in [0, 0.1) is 6.92 Å². The summed E-state index contributed by atoms with van der Waals surface area (Å²) in [6, 6.07) is 7.66. The summed E-state index contributed by atoms with van der Waals surface area (Å²) in [5.41, 5.74) is 3.02. The Labute approximate surface area is 193 Å². The number of nitrogens with one attached hydrogen (secondary N) is 2. The number of carbonyl (C=O) groups is 1. The van der Waals surface area contributed by atoms with Crippen molar-refractivity contribution in [1.82, 2.24) is 15.3 Å². The Morgan fingerprint density at radius 3 is 2.97 bits per heavy atom. The fraction of sp³-hybridized carbons (Fsp3) is 0.375. The Hall–Kier alpha value is -2.58. The quantitative estimate of drug-likeness (QED) is 0.415. The van der Waals surface area contributed by atoms with Crippen LogP contribution in [0.25, 0.3) is 21.2 Å². The SMILES string of the molecule is Cc1c(C(C)NC(=O)CSCc2nc3sc4c(c3c(=O)[nH]2)CCCC4)oc2ccccc12. The summed E-state index contributed by atoms with van der Waals surface area (Å²) in [6.07, 6.45) is 4.33. The zero-order chi connectivity index (χ0) is 22.2. The molecule has 0 fully saturated rings. The van der Waals surface area contributed by atoms with E-state index in [1.54, 1.807) is 11.3 Å². The molecule has 4 aromatic rings. The molecule has 0 radical (unpaired) electrons. The van der Waals surface area contributed by atoms with Gasteiger partial charge >= 0.3 is 0 Å². The lowest BCUT2D eigenvalue weighted by atomic mass is 9.97. The number of rotatable bonds is 6. The first-order valence-electron chi connectivity index (χ1n) is 10.9. The van der Waals surface area contributed by atoms with E-state index in [1.807, 2.05) is 38.1 Å². The highest BCUT2D eigenvalue weighted by Crippen LogP contribution is 2.33. The molecule has 1 aromatic carbocycles. The van der Waals surface area contributed by atoms with E-state index in [0.29, 0.717) is 11.6 Å². The number of aromatic amines is 1. The second-order valence-electron chi connectivity index (χ2n) is 8.27. The van der Waals surface area contributed by atoms with Crippen LogP contribution in [0.2, 0.25) is 0 Å². The van der Waals surface area contributed by atoms with Crippen molar-refractivity contribution in [2.24, 2.45) is 0 Å². The Morgan fingerprint density at radius 2 is 2.12 bits per heavy atom. The number of fused-ring (bicyclic) bond motifs is 4. The smallest absolute Gasteiger partial charge is 0.259 e. The van der Waals surface area contributed by atoms with Gasteiger partial charge < -0.3 is 14.7 Å². The highest BCUT2D eigenvalue weighted by molar-refractivity contribution is 7.99. The molecule has 3 heterocycles. The molecule has 0 aliphatic heterocycles. The van der Waals surface area contributed by atoms with Crippen LogP contribution in [0.3, 0.4) is 0 Å². The van der Waals surface area contributed by atoms with Gasteiger partial charge in [0.1, 0.15) is 22.0 Å². The van der Waals surface area contributed by atoms with E-state index in [1.165, 1.54) is 28.6 Å². The van der Waals surface area contributed by atoms with Crippen molar-refractivity contribution in [3.05, 3.63) is 62.2 Å². The molecule has 1 amide bonds.